The van der Waals surface area contributed by atoms with Crippen LogP contribution in [-0.4, -0.2) is 17.0 Å². The topological polar surface area (TPSA) is 66.4 Å². The van der Waals surface area contributed by atoms with Crippen molar-refractivity contribution in [2.45, 2.75) is 0 Å². The predicted molar refractivity (Wildman–Crippen MR) is 75.3 cm³/mol. The number of halogens is 1. The van der Waals surface area contributed by atoms with Gasteiger partial charge in [-0.05, 0) is 30.3 Å². The van der Waals surface area contributed by atoms with Crippen LogP contribution < -0.4 is 5.32 Å². The van der Waals surface area contributed by atoms with Crippen molar-refractivity contribution >= 4 is 17.6 Å². The van der Waals surface area contributed by atoms with Crippen molar-refractivity contribution < 1.29 is 19.1 Å². The monoisotopic (exact) mass is 283 g/mol. The lowest BCUT2D eigenvalue weighted by Gasteiger charge is -2.05. The Morgan fingerprint density at radius 2 is 1.81 bits per heavy atom. The van der Waals surface area contributed by atoms with Crippen LogP contribution in [0.2, 0.25) is 0 Å². The van der Waals surface area contributed by atoms with Crippen LogP contribution in [0.4, 0.5) is 10.1 Å². The van der Waals surface area contributed by atoms with E-state index in [1.54, 1.807) is 24.3 Å². The molecular formula is C16H10FNO3. The van der Waals surface area contributed by atoms with E-state index in [4.69, 9.17) is 5.11 Å². The number of carboxylic acids is 1. The summed E-state index contributed by atoms with van der Waals surface area (Å²) < 4.78 is 13.0. The summed E-state index contributed by atoms with van der Waals surface area (Å²) in [5.41, 5.74) is 0.325. The average Bonchev–Trinajstić information content (AvgIpc) is 2.48. The average molecular weight is 283 g/mol. The number of hydrogen-bond donors (Lipinski definition) is 2. The quantitative estimate of drug-likeness (QED) is 0.832. The number of carbonyl (C=O) groups excluding carboxylic acids is 1. The van der Waals surface area contributed by atoms with E-state index in [2.05, 4.69) is 17.2 Å². The molecule has 1 amide bonds. The van der Waals surface area contributed by atoms with Gasteiger partial charge in [-0.15, -0.1) is 0 Å². The molecule has 0 aliphatic carbocycles. The Morgan fingerprint density at radius 1 is 1.10 bits per heavy atom. The minimum Gasteiger partial charge on any atom is -0.478 e. The number of nitrogens with one attached hydrogen (secondary N) is 1. The molecule has 0 radical (unpaired) electrons. The number of hydrogen-bond acceptors (Lipinski definition) is 2. The van der Waals surface area contributed by atoms with E-state index in [-0.39, 0.29) is 11.3 Å². The standard InChI is InChI=1S/C16H10FNO3/c17-12-7-8-14(13(10-12)16(20)21)18-15(19)9-6-11-4-2-1-3-5-11/h1-5,7-8,10H,(H,18,19)(H,20,21). The maximum atomic E-state index is 13.0. The summed E-state index contributed by atoms with van der Waals surface area (Å²) in [7, 11) is 0. The third-order valence-electron chi connectivity index (χ3n) is 2.55. The van der Waals surface area contributed by atoms with E-state index in [0.717, 1.165) is 12.1 Å². The molecular weight excluding hydrogens is 273 g/mol. The molecule has 4 nitrogen and oxygen atoms in total. The third kappa shape index (κ3) is 3.91. The van der Waals surface area contributed by atoms with E-state index in [1.165, 1.54) is 6.07 Å². The Morgan fingerprint density at radius 3 is 2.48 bits per heavy atom. The molecule has 0 saturated carbocycles. The number of amides is 1. The minimum absolute atomic E-state index is 0.00346. The van der Waals surface area contributed by atoms with Crippen LogP contribution in [0.1, 0.15) is 15.9 Å². The number of carboxylic acid groups (broad SMARTS) is 1. The molecule has 0 aliphatic rings. The summed E-state index contributed by atoms with van der Waals surface area (Å²) in [6.07, 6.45) is 0. The third-order valence-corrected chi connectivity index (χ3v) is 2.55. The fourth-order valence-electron chi connectivity index (χ4n) is 1.61. The second kappa shape index (κ2) is 6.35. The summed E-state index contributed by atoms with van der Waals surface area (Å²) in [6, 6.07) is 11.9. The van der Waals surface area contributed by atoms with Gasteiger partial charge in [-0.1, -0.05) is 24.1 Å². The highest BCUT2D eigenvalue weighted by Crippen LogP contribution is 2.16. The molecule has 0 heterocycles. The van der Waals surface area contributed by atoms with E-state index < -0.39 is 17.7 Å². The van der Waals surface area contributed by atoms with Gasteiger partial charge < -0.3 is 10.4 Å². The first kappa shape index (κ1) is 14.3. The smallest absolute Gasteiger partial charge is 0.337 e. The largest absolute Gasteiger partial charge is 0.478 e. The Hall–Kier alpha value is -3.13. The molecule has 104 valence electrons. The molecule has 0 saturated heterocycles. The lowest BCUT2D eigenvalue weighted by molar-refractivity contribution is -0.111. The Labute approximate surface area is 120 Å². The SMILES string of the molecule is O=C(C#Cc1ccccc1)Nc1ccc(F)cc1C(=O)O. The second-order valence-corrected chi connectivity index (χ2v) is 4.07. The van der Waals surface area contributed by atoms with Crippen LogP contribution in [0.3, 0.4) is 0 Å². The van der Waals surface area contributed by atoms with Crippen molar-refractivity contribution in [3.63, 3.8) is 0 Å². The van der Waals surface area contributed by atoms with E-state index in [0.29, 0.717) is 5.56 Å². The van der Waals surface area contributed by atoms with Crippen molar-refractivity contribution in [1.82, 2.24) is 0 Å². The van der Waals surface area contributed by atoms with Gasteiger partial charge in [0.25, 0.3) is 0 Å². The molecule has 5 heteroatoms. The maximum Gasteiger partial charge on any atom is 0.337 e. The van der Waals surface area contributed by atoms with Crippen molar-refractivity contribution in [3.8, 4) is 11.8 Å². The Bertz CT molecular complexity index is 745. The summed E-state index contributed by atoms with van der Waals surface area (Å²) in [5.74, 6) is 2.28. The minimum atomic E-state index is -1.33. The number of benzene rings is 2. The molecule has 2 rings (SSSR count). The highest BCUT2D eigenvalue weighted by Gasteiger charge is 2.12. The lowest BCUT2D eigenvalue weighted by atomic mass is 10.1. The van der Waals surface area contributed by atoms with E-state index >= 15 is 0 Å². The zero-order chi connectivity index (χ0) is 15.2. The molecule has 0 unspecified atom stereocenters. The van der Waals surface area contributed by atoms with Crippen LogP contribution in [-0.2, 0) is 4.79 Å². The number of carbonyl (C=O) groups is 2. The highest BCUT2D eigenvalue weighted by atomic mass is 19.1. The summed E-state index contributed by atoms with van der Waals surface area (Å²) in [5, 5.41) is 11.3. The van der Waals surface area contributed by atoms with Gasteiger partial charge in [0.1, 0.15) is 5.82 Å². The lowest BCUT2D eigenvalue weighted by Crippen LogP contribution is -2.12. The zero-order valence-corrected chi connectivity index (χ0v) is 10.8. The van der Waals surface area contributed by atoms with Crippen LogP contribution in [0.15, 0.2) is 48.5 Å². The van der Waals surface area contributed by atoms with Gasteiger partial charge in [-0.25, -0.2) is 9.18 Å². The molecule has 2 aromatic carbocycles. The van der Waals surface area contributed by atoms with E-state index in [9.17, 15) is 14.0 Å². The first-order valence-electron chi connectivity index (χ1n) is 5.97. The van der Waals surface area contributed by atoms with Gasteiger partial charge in [-0.3, -0.25) is 4.79 Å². The van der Waals surface area contributed by atoms with Crippen molar-refractivity contribution in [1.29, 1.82) is 0 Å². The molecule has 0 spiro atoms. The van der Waals surface area contributed by atoms with Gasteiger partial charge in [0, 0.05) is 11.5 Å². The predicted octanol–water partition coefficient (Wildman–Crippen LogP) is 2.51. The number of anilines is 1. The van der Waals surface area contributed by atoms with Crippen molar-refractivity contribution in [2.75, 3.05) is 5.32 Å². The van der Waals surface area contributed by atoms with Crippen LogP contribution in [0.25, 0.3) is 0 Å². The number of aromatic carboxylic acids is 1. The summed E-state index contributed by atoms with van der Waals surface area (Å²) in [4.78, 5) is 22.7. The van der Waals surface area contributed by atoms with E-state index in [1.807, 2.05) is 6.07 Å². The molecule has 2 N–H and O–H groups in total. The Balaban J connectivity index is 2.18. The first-order valence-corrected chi connectivity index (χ1v) is 5.97. The van der Waals surface area contributed by atoms with Gasteiger partial charge in [-0.2, -0.15) is 0 Å². The molecule has 21 heavy (non-hydrogen) atoms. The fourth-order valence-corrected chi connectivity index (χ4v) is 1.61. The molecule has 0 atom stereocenters. The van der Waals surface area contributed by atoms with Gasteiger partial charge >= 0.3 is 11.9 Å². The normalized spacial score (nSPS) is 9.38. The van der Waals surface area contributed by atoms with Gasteiger partial charge in [0.05, 0.1) is 11.3 Å². The van der Waals surface area contributed by atoms with Crippen LogP contribution >= 0.6 is 0 Å². The maximum absolute atomic E-state index is 13.0. The molecule has 0 aliphatic heterocycles. The number of rotatable bonds is 2. The van der Waals surface area contributed by atoms with Crippen LogP contribution in [0, 0.1) is 17.7 Å². The van der Waals surface area contributed by atoms with Gasteiger partial charge in [0.2, 0.25) is 0 Å². The Kier molecular flexibility index (Phi) is 4.32. The van der Waals surface area contributed by atoms with Crippen LogP contribution in [0.5, 0.6) is 0 Å². The molecule has 0 aromatic heterocycles. The fraction of sp³-hybridized carbons (Fsp3) is 0. The highest BCUT2D eigenvalue weighted by molar-refractivity contribution is 6.07. The molecule has 2 aromatic rings. The summed E-state index contributed by atoms with van der Waals surface area (Å²) in [6.45, 7) is 0. The van der Waals surface area contributed by atoms with Gasteiger partial charge in [0.15, 0.2) is 0 Å². The zero-order valence-electron chi connectivity index (χ0n) is 10.8. The second-order valence-electron chi connectivity index (χ2n) is 4.07. The molecule has 0 fully saturated rings. The summed E-state index contributed by atoms with van der Waals surface area (Å²) >= 11 is 0. The first-order chi connectivity index (χ1) is 10.1. The van der Waals surface area contributed by atoms with Crippen molar-refractivity contribution in [2.24, 2.45) is 0 Å². The molecule has 0 bridgehead atoms. The van der Waals surface area contributed by atoms with Crippen molar-refractivity contribution in [3.05, 3.63) is 65.5 Å².